The number of nitrogens with zero attached hydrogens (tertiary/aromatic N) is 1. The zero-order valence-electron chi connectivity index (χ0n) is 9.72. The number of hydrogen-bond donors (Lipinski definition) is 1. The topological polar surface area (TPSA) is 42.4 Å². The average Bonchev–Trinajstić information content (AvgIpc) is 2.80. The molecule has 1 aromatic heterocycles. The molecule has 0 unspecified atom stereocenters. The summed E-state index contributed by atoms with van der Waals surface area (Å²) in [6, 6.07) is 7.72. The van der Waals surface area contributed by atoms with Crippen LogP contribution in [0.4, 0.5) is 0 Å². The average molecular weight is 249 g/mol. The fourth-order valence-corrected chi connectivity index (χ4v) is 2.22. The van der Waals surface area contributed by atoms with Gasteiger partial charge in [0.05, 0.1) is 5.69 Å². The van der Waals surface area contributed by atoms with Crippen molar-refractivity contribution in [1.29, 1.82) is 0 Å². The van der Waals surface area contributed by atoms with Crippen LogP contribution in [0.3, 0.4) is 0 Å². The summed E-state index contributed by atoms with van der Waals surface area (Å²) < 4.78 is 5.64. The Morgan fingerprint density at radius 2 is 2.06 bits per heavy atom. The van der Waals surface area contributed by atoms with Crippen molar-refractivity contribution in [2.24, 2.45) is 0 Å². The van der Waals surface area contributed by atoms with Crippen molar-refractivity contribution in [2.45, 2.75) is 19.8 Å². The van der Waals surface area contributed by atoms with E-state index in [-0.39, 0.29) is 6.61 Å². The minimum Gasteiger partial charge on any atom is -0.431 e. The first-order valence-corrected chi connectivity index (χ1v) is 6.52. The minimum atomic E-state index is 0.173. The van der Waals surface area contributed by atoms with Crippen molar-refractivity contribution in [2.75, 3.05) is 6.61 Å². The standard InChI is InChI=1S/C13H15NO2S/c1-2-11-9-17-13(14-11)16-12-5-3-10(4-6-12)7-8-15/h3-6,9,15H,2,7-8H2,1H3. The van der Waals surface area contributed by atoms with Gasteiger partial charge in [-0.3, -0.25) is 0 Å². The zero-order chi connectivity index (χ0) is 12.1. The second kappa shape index (κ2) is 5.80. The van der Waals surface area contributed by atoms with Gasteiger partial charge in [-0.25, -0.2) is 4.98 Å². The smallest absolute Gasteiger partial charge is 0.278 e. The maximum Gasteiger partial charge on any atom is 0.278 e. The summed E-state index contributed by atoms with van der Waals surface area (Å²) in [6.07, 6.45) is 1.60. The molecule has 0 saturated heterocycles. The second-order valence-corrected chi connectivity index (χ2v) is 4.50. The lowest BCUT2D eigenvalue weighted by atomic mass is 10.1. The molecule has 3 nitrogen and oxygen atoms in total. The van der Waals surface area contributed by atoms with Gasteiger partial charge in [-0.2, -0.15) is 0 Å². The summed E-state index contributed by atoms with van der Waals surface area (Å²) in [6.45, 7) is 2.25. The SMILES string of the molecule is CCc1csc(Oc2ccc(CCO)cc2)n1. The molecule has 0 radical (unpaired) electrons. The first-order valence-electron chi connectivity index (χ1n) is 5.64. The Hall–Kier alpha value is -1.39. The van der Waals surface area contributed by atoms with Crippen molar-refractivity contribution in [3.05, 3.63) is 40.9 Å². The molecular weight excluding hydrogens is 234 g/mol. The van der Waals surface area contributed by atoms with Crippen LogP contribution >= 0.6 is 11.3 Å². The van der Waals surface area contributed by atoms with E-state index < -0.39 is 0 Å². The molecule has 0 aliphatic rings. The highest BCUT2D eigenvalue weighted by Crippen LogP contribution is 2.25. The van der Waals surface area contributed by atoms with Gasteiger partial charge in [0, 0.05) is 12.0 Å². The number of aliphatic hydroxyl groups excluding tert-OH is 1. The van der Waals surface area contributed by atoms with Crippen molar-refractivity contribution in [1.82, 2.24) is 4.98 Å². The largest absolute Gasteiger partial charge is 0.431 e. The van der Waals surface area contributed by atoms with Gasteiger partial charge in [0.1, 0.15) is 5.75 Å². The fraction of sp³-hybridized carbons (Fsp3) is 0.308. The van der Waals surface area contributed by atoms with Gasteiger partial charge in [-0.15, -0.1) is 0 Å². The molecule has 0 aliphatic heterocycles. The van der Waals surface area contributed by atoms with E-state index in [1.54, 1.807) is 0 Å². The molecular formula is C13H15NO2S. The van der Waals surface area contributed by atoms with Gasteiger partial charge in [0.15, 0.2) is 0 Å². The summed E-state index contributed by atoms with van der Waals surface area (Å²) in [5, 5.41) is 11.5. The van der Waals surface area contributed by atoms with E-state index in [1.807, 2.05) is 29.6 Å². The number of rotatable bonds is 5. The van der Waals surface area contributed by atoms with Crippen molar-refractivity contribution >= 4 is 11.3 Å². The molecule has 0 bridgehead atoms. The van der Waals surface area contributed by atoms with Gasteiger partial charge in [-0.1, -0.05) is 30.4 Å². The van der Waals surface area contributed by atoms with Gasteiger partial charge in [0.2, 0.25) is 0 Å². The first kappa shape index (κ1) is 12.1. The molecule has 0 spiro atoms. The van der Waals surface area contributed by atoms with E-state index in [2.05, 4.69) is 11.9 Å². The Labute approximate surface area is 105 Å². The number of ether oxygens (including phenoxy) is 1. The van der Waals surface area contributed by atoms with Gasteiger partial charge in [-0.05, 0) is 30.5 Å². The van der Waals surface area contributed by atoms with Crippen molar-refractivity contribution in [3.8, 4) is 10.9 Å². The molecule has 1 heterocycles. The van der Waals surface area contributed by atoms with Crippen LogP contribution in [0, 0.1) is 0 Å². The monoisotopic (exact) mass is 249 g/mol. The molecule has 1 aromatic carbocycles. The molecule has 1 N–H and O–H groups in total. The molecule has 0 atom stereocenters. The molecule has 0 aliphatic carbocycles. The summed E-state index contributed by atoms with van der Waals surface area (Å²) in [4.78, 5) is 4.34. The third-order valence-corrected chi connectivity index (χ3v) is 3.19. The molecule has 0 saturated carbocycles. The Bertz CT molecular complexity index is 465. The number of thiazole rings is 1. The summed E-state index contributed by atoms with van der Waals surface area (Å²) in [5.74, 6) is 0.781. The lowest BCUT2D eigenvalue weighted by Crippen LogP contribution is -1.90. The lowest BCUT2D eigenvalue weighted by molar-refractivity contribution is 0.299. The highest BCUT2D eigenvalue weighted by atomic mass is 32.1. The van der Waals surface area contributed by atoms with E-state index in [0.717, 1.165) is 23.4 Å². The summed E-state index contributed by atoms with van der Waals surface area (Å²) >= 11 is 1.51. The van der Waals surface area contributed by atoms with E-state index in [0.29, 0.717) is 11.6 Å². The maximum atomic E-state index is 8.81. The summed E-state index contributed by atoms with van der Waals surface area (Å²) in [5.41, 5.74) is 2.16. The third kappa shape index (κ3) is 3.28. The molecule has 2 aromatic rings. The molecule has 90 valence electrons. The Morgan fingerprint density at radius 3 is 2.65 bits per heavy atom. The van der Waals surface area contributed by atoms with Crippen LogP contribution in [0.5, 0.6) is 10.9 Å². The van der Waals surface area contributed by atoms with Crippen LogP contribution in [0.25, 0.3) is 0 Å². The number of aliphatic hydroxyl groups is 1. The van der Waals surface area contributed by atoms with Crippen LogP contribution in [0.1, 0.15) is 18.2 Å². The van der Waals surface area contributed by atoms with Crippen LogP contribution in [-0.4, -0.2) is 16.7 Å². The Balaban J connectivity index is 2.03. The molecule has 0 amide bonds. The number of benzene rings is 1. The predicted octanol–water partition coefficient (Wildman–Crippen LogP) is 3.03. The quantitative estimate of drug-likeness (QED) is 0.885. The van der Waals surface area contributed by atoms with Gasteiger partial charge >= 0.3 is 0 Å². The fourth-order valence-electron chi connectivity index (χ4n) is 1.45. The number of aromatic nitrogens is 1. The first-order chi connectivity index (χ1) is 8.31. The molecule has 0 fully saturated rings. The molecule has 17 heavy (non-hydrogen) atoms. The van der Waals surface area contributed by atoms with E-state index in [4.69, 9.17) is 9.84 Å². The lowest BCUT2D eigenvalue weighted by Gasteiger charge is -2.03. The third-order valence-electron chi connectivity index (χ3n) is 2.42. The van der Waals surface area contributed by atoms with E-state index in [1.165, 1.54) is 11.3 Å². The zero-order valence-corrected chi connectivity index (χ0v) is 10.5. The van der Waals surface area contributed by atoms with Gasteiger partial charge < -0.3 is 9.84 Å². The van der Waals surface area contributed by atoms with Crippen LogP contribution in [0.15, 0.2) is 29.6 Å². The molecule has 2 rings (SSSR count). The molecule has 4 heteroatoms. The Morgan fingerprint density at radius 1 is 1.29 bits per heavy atom. The van der Waals surface area contributed by atoms with Crippen LogP contribution in [-0.2, 0) is 12.8 Å². The van der Waals surface area contributed by atoms with Crippen molar-refractivity contribution < 1.29 is 9.84 Å². The summed E-state index contributed by atoms with van der Waals surface area (Å²) in [7, 11) is 0. The van der Waals surface area contributed by atoms with E-state index >= 15 is 0 Å². The highest BCUT2D eigenvalue weighted by Gasteiger charge is 2.03. The van der Waals surface area contributed by atoms with E-state index in [9.17, 15) is 0 Å². The minimum absolute atomic E-state index is 0.173. The normalized spacial score (nSPS) is 10.5. The highest BCUT2D eigenvalue weighted by molar-refractivity contribution is 7.11. The van der Waals surface area contributed by atoms with Crippen LogP contribution in [0.2, 0.25) is 0 Å². The maximum absolute atomic E-state index is 8.81. The van der Waals surface area contributed by atoms with Crippen molar-refractivity contribution in [3.63, 3.8) is 0 Å². The Kier molecular flexibility index (Phi) is 4.12. The van der Waals surface area contributed by atoms with Gasteiger partial charge in [0.25, 0.3) is 5.19 Å². The van der Waals surface area contributed by atoms with Crippen LogP contribution < -0.4 is 4.74 Å². The number of hydrogen-bond acceptors (Lipinski definition) is 4. The predicted molar refractivity (Wildman–Crippen MR) is 68.8 cm³/mol. The number of aryl methyl sites for hydroxylation is 1. The second-order valence-electron chi connectivity index (χ2n) is 3.68.